The Morgan fingerprint density at radius 1 is 1.37 bits per heavy atom. The number of methoxy groups -OCH3 is 1. The second-order valence-electron chi connectivity index (χ2n) is 5.67. The molecule has 19 heavy (non-hydrogen) atoms. The Labute approximate surface area is 116 Å². The van der Waals surface area contributed by atoms with Gasteiger partial charge in [0.05, 0.1) is 13.2 Å². The predicted molar refractivity (Wildman–Crippen MR) is 76.0 cm³/mol. The van der Waals surface area contributed by atoms with Gasteiger partial charge in [-0.1, -0.05) is 13.8 Å². The highest BCUT2D eigenvalue weighted by Gasteiger charge is 2.23. The highest BCUT2D eigenvalue weighted by atomic mass is 16.5. The first-order valence-corrected chi connectivity index (χ1v) is 7.14. The number of rotatable bonds is 7. The quantitative estimate of drug-likeness (QED) is 0.798. The van der Waals surface area contributed by atoms with Crippen LogP contribution in [-0.2, 0) is 17.8 Å². The first kappa shape index (κ1) is 14.5. The first-order valence-electron chi connectivity index (χ1n) is 7.14. The Balaban J connectivity index is 1.88. The topological polar surface area (TPSA) is 42.3 Å². The van der Waals surface area contributed by atoms with Gasteiger partial charge in [-0.15, -0.1) is 0 Å². The van der Waals surface area contributed by atoms with Crippen LogP contribution in [0.15, 0.2) is 12.4 Å². The highest BCUT2D eigenvalue weighted by molar-refractivity contribution is 4.96. The van der Waals surface area contributed by atoms with Crippen molar-refractivity contribution in [2.24, 2.45) is 5.92 Å². The third kappa shape index (κ3) is 4.03. The molecular formula is C14H26N4O. The fraction of sp³-hybridized carbons (Fsp3) is 0.786. The fourth-order valence-electron chi connectivity index (χ4n) is 2.53. The van der Waals surface area contributed by atoms with Gasteiger partial charge < -0.3 is 14.6 Å². The van der Waals surface area contributed by atoms with E-state index in [-0.39, 0.29) is 0 Å². The average molecular weight is 266 g/mol. The summed E-state index contributed by atoms with van der Waals surface area (Å²) in [6.07, 6.45) is 3.95. The van der Waals surface area contributed by atoms with Crippen LogP contribution >= 0.6 is 0 Å². The first-order chi connectivity index (χ1) is 9.20. The summed E-state index contributed by atoms with van der Waals surface area (Å²) in [5.41, 5.74) is 0. The molecule has 1 N–H and O–H groups in total. The standard InChI is InChI=1S/C14H26N4O/c1-12(2)8-15-9-13(11-19-3)18-7-6-17-5-4-16-14(17)10-18/h4-5,12-13,15H,6-11H2,1-3H3. The summed E-state index contributed by atoms with van der Waals surface area (Å²) < 4.78 is 7.61. The Morgan fingerprint density at radius 2 is 2.21 bits per heavy atom. The number of imidazole rings is 1. The molecule has 0 bridgehead atoms. The van der Waals surface area contributed by atoms with E-state index in [1.54, 1.807) is 7.11 Å². The molecule has 0 saturated heterocycles. The minimum atomic E-state index is 0.425. The van der Waals surface area contributed by atoms with Crippen LogP contribution in [-0.4, -0.2) is 53.8 Å². The van der Waals surface area contributed by atoms with E-state index in [9.17, 15) is 0 Å². The Kier molecular flexibility index (Phi) is 5.36. The van der Waals surface area contributed by atoms with Gasteiger partial charge in [-0.05, 0) is 12.5 Å². The molecule has 5 nitrogen and oxygen atoms in total. The minimum absolute atomic E-state index is 0.425. The lowest BCUT2D eigenvalue weighted by atomic mass is 10.2. The zero-order valence-corrected chi connectivity index (χ0v) is 12.3. The van der Waals surface area contributed by atoms with E-state index in [0.29, 0.717) is 12.0 Å². The predicted octanol–water partition coefficient (Wildman–Crippen LogP) is 0.959. The number of hydrogen-bond donors (Lipinski definition) is 1. The number of nitrogens with zero attached hydrogens (tertiary/aromatic N) is 3. The maximum Gasteiger partial charge on any atom is 0.122 e. The van der Waals surface area contributed by atoms with Crippen molar-refractivity contribution in [3.63, 3.8) is 0 Å². The second-order valence-corrected chi connectivity index (χ2v) is 5.67. The van der Waals surface area contributed by atoms with Crippen LogP contribution in [0.2, 0.25) is 0 Å². The maximum absolute atomic E-state index is 5.38. The van der Waals surface area contributed by atoms with Crippen LogP contribution in [0, 0.1) is 5.92 Å². The molecule has 0 aliphatic carbocycles. The van der Waals surface area contributed by atoms with Gasteiger partial charge in [-0.2, -0.15) is 0 Å². The third-order valence-electron chi connectivity index (χ3n) is 3.58. The number of hydrogen-bond acceptors (Lipinski definition) is 4. The van der Waals surface area contributed by atoms with E-state index in [1.807, 2.05) is 6.20 Å². The lowest BCUT2D eigenvalue weighted by Gasteiger charge is -2.34. The molecule has 0 amide bonds. The van der Waals surface area contributed by atoms with E-state index in [2.05, 4.69) is 39.8 Å². The van der Waals surface area contributed by atoms with Gasteiger partial charge in [-0.25, -0.2) is 4.98 Å². The normalized spacial score (nSPS) is 17.7. The van der Waals surface area contributed by atoms with Gasteiger partial charge in [0, 0.05) is 45.2 Å². The summed E-state index contributed by atoms with van der Waals surface area (Å²) in [5.74, 6) is 1.85. The molecule has 0 fully saturated rings. The number of aromatic nitrogens is 2. The fourth-order valence-corrected chi connectivity index (χ4v) is 2.53. The molecule has 1 aliphatic heterocycles. The van der Waals surface area contributed by atoms with Crippen LogP contribution in [0.4, 0.5) is 0 Å². The molecule has 108 valence electrons. The van der Waals surface area contributed by atoms with E-state index in [4.69, 9.17) is 4.74 Å². The molecule has 5 heteroatoms. The Hall–Kier alpha value is -0.910. The van der Waals surface area contributed by atoms with Crippen molar-refractivity contribution in [1.29, 1.82) is 0 Å². The Bertz CT molecular complexity index is 377. The monoisotopic (exact) mass is 266 g/mol. The highest BCUT2D eigenvalue weighted by Crippen LogP contribution is 2.13. The van der Waals surface area contributed by atoms with Crippen molar-refractivity contribution in [2.45, 2.75) is 33.0 Å². The van der Waals surface area contributed by atoms with Gasteiger partial charge in [0.2, 0.25) is 0 Å². The van der Waals surface area contributed by atoms with E-state index >= 15 is 0 Å². The maximum atomic E-state index is 5.38. The molecule has 2 heterocycles. The lowest BCUT2D eigenvalue weighted by molar-refractivity contribution is 0.0702. The minimum Gasteiger partial charge on any atom is -0.383 e. The summed E-state index contributed by atoms with van der Waals surface area (Å²) in [7, 11) is 1.78. The molecule has 0 spiro atoms. The van der Waals surface area contributed by atoms with Gasteiger partial charge in [0.15, 0.2) is 0 Å². The summed E-state index contributed by atoms with van der Waals surface area (Å²) in [6, 6.07) is 0.425. The van der Waals surface area contributed by atoms with Crippen molar-refractivity contribution in [3.8, 4) is 0 Å². The van der Waals surface area contributed by atoms with Crippen molar-refractivity contribution in [2.75, 3.05) is 33.4 Å². The van der Waals surface area contributed by atoms with E-state index in [0.717, 1.165) is 45.2 Å². The smallest absolute Gasteiger partial charge is 0.122 e. The Morgan fingerprint density at radius 3 is 2.95 bits per heavy atom. The van der Waals surface area contributed by atoms with E-state index < -0.39 is 0 Å². The second kappa shape index (κ2) is 7.03. The molecule has 0 saturated carbocycles. The summed E-state index contributed by atoms with van der Waals surface area (Å²) >= 11 is 0. The molecule has 2 rings (SSSR count). The van der Waals surface area contributed by atoms with Crippen molar-refractivity contribution in [3.05, 3.63) is 18.2 Å². The summed E-state index contributed by atoms with van der Waals surface area (Å²) in [4.78, 5) is 6.89. The SMILES string of the molecule is COCC(CNCC(C)C)N1CCn2ccnc2C1. The van der Waals surface area contributed by atoms with Crippen molar-refractivity contribution >= 4 is 0 Å². The zero-order valence-electron chi connectivity index (χ0n) is 12.3. The number of nitrogens with one attached hydrogen (secondary N) is 1. The molecule has 1 aromatic rings. The van der Waals surface area contributed by atoms with Crippen molar-refractivity contribution < 1.29 is 4.74 Å². The molecule has 1 aromatic heterocycles. The van der Waals surface area contributed by atoms with Crippen LogP contribution < -0.4 is 5.32 Å². The largest absolute Gasteiger partial charge is 0.383 e. The molecule has 1 aliphatic rings. The zero-order chi connectivity index (χ0) is 13.7. The summed E-state index contributed by atoms with van der Waals surface area (Å²) in [6.45, 7) is 10.3. The van der Waals surface area contributed by atoms with Crippen LogP contribution in [0.5, 0.6) is 0 Å². The third-order valence-corrected chi connectivity index (χ3v) is 3.58. The van der Waals surface area contributed by atoms with Crippen LogP contribution in [0.3, 0.4) is 0 Å². The summed E-state index contributed by atoms with van der Waals surface area (Å²) in [5, 5.41) is 3.54. The van der Waals surface area contributed by atoms with Gasteiger partial charge in [-0.3, -0.25) is 4.90 Å². The average Bonchev–Trinajstić information content (AvgIpc) is 2.84. The molecule has 0 radical (unpaired) electrons. The van der Waals surface area contributed by atoms with Gasteiger partial charge >= 0.3 is 0 Å². The molecule has 0 aromatic carbocycles. The molecule has 1 atom stereocenters. The van der Waals surface area contributed by atoms with E-state index in [1.165, 1.54) is 0 Å². The van der Waals surface area contributed by atoms with Crippen LogP contribution in [0.25, 0.3) is 0 Å². The van der Waals surface area contributed by atoms with Gasteiger partial charge in [0.25, 0.3) is 0 Å². The molecule has 1 unspecified atom stereocenters. The van der Waals surface area contributed by atoms with Gasteiger partial charge in [0.1, 0.15) is 5.82 Å². The van der Waals surface area contributed by atoms with Crippen LogP contribution in [0.1, 0.15) is 19.7 Å². The number of fused-ring (bicyclic) bond motifs is 1. The lowest BCUT2D eigenvalue weighted by Crippen LogP contribution is -2.48. The number of ether oxygens (including phenoxy) is 1. The molecular weight excluding hydrogens is 240 g/mol. The van der Waals surface area contributed by atoms with Crippen molar-refractivity contribution in [1.82, 2.24) is 19.8 Å².